The van der Waals surface area contributed by atoms with Gasteiger partial charge in [-0.15, -0.1) is 0 Å². The van der Waals surface area contributed by atoms with Crippen LogP contribution in [0.3, 0.4) is 0 Å². The molecule has 0 atom stereocenters. The van der Waals surface area contributed by atoms with Crippen LogP contribution in [0.15, 0.2) is 41.0 Å². The Kier molecular flexibility index (Phi) is 4.39. The van der Waals surface area contributed by atoms with Crippen molar-refractivity contribution in [3.63, 3.8) is 0 Å². The lowest BCUT2D eigenvalue weighted by Gasteiger charge is -2.09. The van der Waals surface area contributed by atoms with Gasteiger partial charge < -0.3 is 10.6 Å². The van der Waals surface area contributed by atoms with E-state index in [9.17, 15) is 4.79 Å². The lowest BCUT2D eigenvalue weighted by Crippen LogP contribution is -2.14. The Morgan fingerprint density at radius 3 is 2.84 bits per heavy atom. The molecule has 98 valence electrons. The molecule has 0 aliphatic rings. The molecule has 1 aromatic heterocycles. The number of carbonyl (C=O) groups excluding carboxylic acids is 1. The van der Waals surface area contributed by atoms with Gasteiger partial charge in [0.25, 0.3) is 5.91 Å². The van der Waals surface area contributed by atoms with Gasteiger partial charge in [-0.05, 0) is 40.2 Å². The number of pyridine rings is 1. The molecule has 0 radical (unpaired) electrons. The lowest BCUT2D eigenvalue weighted by atomic mass is 10.2. The van der Waals surface area contributed by atoms with Crippen LogP contribution in [-0.2, 0) is 0 Å². The maximum atomic E-state index is 12.2. The average molecular weight is 341 g/mol. The highest BCUT2D eigenvalue weighted by atomic mass is 79.9. The van der Waals surface area contributed by atoms with Gasteiger partial charge in [-0.1, -0.05) is 17.7 Å². The van der Waals surface area contributed by atoms with Crippen molar-refractivity contribution in [3.05, 3.63) is 51.6 Å². The van der Waals surface area contributed by atoms with E-state index in [4.69, 9.17) is 11.6 Å². The molecule has 0 saturated carbocycles. The van der Waals surface area contributed by atoms with Crippen LogP contribution in [0.2, 0.25) is 5.02 Å². The zero-order chi connectivity index (χ0) is 13.8. The monoisotopic (exact) mass is 339 g/mol. The first-order valence-corrected chi connectivity index (χ1v) is 6.67. The van der Waals surface area contributed by atoms with Crippen LogP contribution >= 0.6 is 27.5 Å². The fourth-order valence-electron chi connectivity index (χ4n) is 1.58. The zero-order valence-electron chi connectivity index (χ0n) is 10.1. The molecule has 2 rings (SSSR count). The highest BCUT2D eigenvalue weighted by Gasteiger charge is 2.13. The number of benzene rings is 1. The minimum absolute atomic E-state index is 0.250. The van der Waals surface area contributed by atoms with Crippen LogP contribution in [0.25, 0.3) is 0 Å². The molecule has 1 heterocycles. The molecule has 2 N–H and O–H groups in total. The van der Waals surface area contributed by atoms with Crippen molar-refractivity contribution in [1.82, 2.24) is 4.98 Å². The number of hydrogen-bond acceptors (Lipinski definition) is 3. The summed E-state index contributed by atoms with van der Waals surface area (Å²) >= 11 is 9.17. The van der Waals surface area contributed by atoms with Crippen molar-refractivity contribution in [3.8, 4) is 0 Å². The van der Waals surface area contributed by atoms with Gasteiger partial charge in [0.2, 0.25) is 0 Å². The molecular weight excluding hydrogens is 330 g/mol. The molecule has 19 heavy (non-hydrogen) atoms. The number of nitrogens with zero attached hydrogens (tertiary/aromatic N) is 1. The lowest BCUT2D eigenvalue weighted by molar-refractivity contribution is 0.102. The summed E-state index contributed by atoms with van der Waals surface area (Å²) in [6.07, 6.45) is 1.63. The van der Waals surface area contributed by atoms with Crippen LogP contribution in [0, 0.1) is 0 Å². The summed E-state index contributed by atoms with van der Waals surface area (Å²) in [5.74, 6) is 0.267. The molecule has 0 unspecified atom stereocenters. The zero-order valence-corrected chi connectivity index (χ0v) is 12.4. The third-order valence-corrected chi connectivity index (χ3v) is 3.09. The Balaban J connectivity index is 2.27. The molecule has 0 bridgehead atoms. The topological polar surface area (TPSA) is 54.0 Å². The molecule has 0 aliphatic carbocycles. The number of aromatic nitrogens is 1. The van der Waals surface area contributed by atoms with Crippen molar-refractivity contribution in [2.45, 2.75) is 0 Å². The van der Waals surface area contributed by atoms with Gasteiger partial charge >= 0.3 is 0 Å². The van der Waals surface area contributed by atoms with Gasteiger partial charge in [-0.3, -0.25) is 4.79 Å². The minimum Gasteiger partial charge on any atom is -0.372 e. The molecule has 2 aromatic rings. The summed E-state index contributed by atoms with van der Waals surface area (Å²) in [5, 5.41) is 6.23. The molecule has 0 fully saturated rings. The number of amides is 1. The van der Waals surface area contributed by atoms with Gasteiger partial charge in [-0.25, -0.2) is 4.98 Å². The standard InChI is InChI=1S/C13H11BrClN3O/c1-16-12-11(5-8(14)7-17-12)13(19)18-10-4-2-3-9(15)6-10/h2-7H,1H3,(H,16,17)(H,18,19). The Labute approximate surface area is 124 Å². The Morgan fingerprint density at radius 2 is 2.16 bits per heavy atom. The van der Waals surface area contributed by atoms with Crippen molar-refractivity contribution < 1.29 is 4.79 Å². The molecule has 1 amide bonds. The van der Waals surface area contributed by atoms with Crippen LogP contribution in [0.1, 0.15) is 10.4 Å². The predicted molar refractivity (Wildman–Crippen MR) is 80.9 cm³/mol. The number of halogens is 2. The summed E-state index contributed by atoms with van der Waals surface area (Å²) < 4.78 is 0.739. The number of carbonyl (C=O) groups is 1. The molecular formula is C13H11BrClN3O. The second-order valence-corrected chi connectivity index (χ2v) is 5.12. The number of hydrogen-bond donors (Lipinski definition) is 2. The Bertz CT molecular complexity index is 619. The molecule has 0 aliphatic heterocycles. The van der Waals surface area contributed by atoms with E-state index >= 15 is 0 Å². The van der Waals surface area contributed by atoms with E-state index in [2.05, 4.69) is 31.5 Å². The van der Waals surface area contributed by atoms with Gasteiger partial charge in [0.1, 0.15) is 5.82 Å². The quantitative estimate of drug-likeness (QED) is 0.894. The van der Waals surface area contributed by atoms with Crippen LogP contribution in [0.5, 0.6) is 0 Å². The smallest absolute Gasteiger partial charge is 0.259 e. The SMILES string of the molecule is CNc1ncc(Br)cc1C(=O)Nc1cccc(Cl)c1. The van der Waals surface area contributed by atoms with E-state index in [0.29, 0.717) is 22.1 Å². The van der Waals surface area contributed by atoms with Crippen LogP contribution in [-0.4, -0.2) is 17.9 Å². The third-order valence-electron chi connectivity index (χ3n) is 2.42. The summed E-state index contributed by atoms with van der Waals surface area (Å²) in [6.45, 7) is 0. The van der Waals surface area contributed by atoms with E-state index in [1.807, 2.05) is 0 Å². The van der Waals surface area contributed by atoms with E-state index in [-0.39, 0.29) is 5.91 Å². The normalized spacial score (nSPS) is 10.1. The highest BCUT2D eigenvalue weighted by molar-refractivity contribution is 9.10. The van der Waals surface area contributed by atoms with Crippen molar-refractivity contribution in [2.24, 2.45) is 0 Å². The predicted octanol–water partition coefficient (Wildman–Crippen LogP) is 3.79. The van der Waals surface area contributed by atoms with Crippen molar-refractivity contribution in [1.29, 1.82) is 0 Å². The summed E-state index contributed by atoms with van der Waals surface area (Å²) in [4.78, 5) is 16.3. The maximum Gasteiger partial charge on any atom is 0.259 e. The molecule has 0 saturated heterocycles. The summed E-state index contributed by atoms with van der Waals surface area (Å²) in [5.41, 5.74) is 1.09. The highest BCUT2D eigenvalue weighted by Crippen LogP contribution is 2.20. The second-order valence-electron chi connectivity index (χ2n) is 3.76. The first-order chi connectivity index (χ1) is 9.10. The molecule has 0 spiro atoms. The third kappa shape index (κ3) is 3.45. The van der Waals surface area contributed by atoms with Crippen LogP contribution < -0.4 is 10.6 Å². The summed E-state index contributed by atoms with van der Waals surface area (Å²) in [7, 11) is 1.71. The van der Waals surface area contributed by atoms with Gasteiger partial charge in [0.15, 0.2) is 0 Å². The van der Waals surface area contributed by atoms with Gasteiger partial charge in [0.05, 0.1) is 5.56 Å². The molecule has 1 aromatic carbocycles. The summed E-state index contributed by atoms with van der Waals surface area (Å²) in [6, 6.07) is 8.68. The van der Waals surface area contributed by atoms with Crippen LogP contribution in [0.4, 0.5) is 11.5 Å². The Morgan fingerprint density at radius 1 is 1.37 bits per heavy atom. The van der Waals surface area contributed by atoms with E-state index in [1.54, 1.807) is 43.6 Å². The average Bonchev–Trinajstić information content (AvgIpc) is 2.38. The first-order valence-electron chi connectivity index (χ1n) is 5.50. The van der Waals surface area contributed by atoms with E-state index in [1.165, 1.54) is 0 Å². The van der Waals surface area contributed by atoms with Crippen molar-refractivity contribution in [2.75, 3.05) is 17.7 Å². The largest absolute Gasteiger partial charge is 0.372 e. The number of rotatable bonds is 3. The second kappa shape index (κ2) is 6.04. The maximum absolute atomic E-state index is 12.2. The number of nitrogens with one attached hydrogen (secondary N) is 2. The fraction of sp³-hybridized carbons (Fsp3) is 0.0769. The van der Waals surface area contributed by atoms with Gasteiger partial charge in [-0.2, -0.15) is 0 Å². The van der Waals surface area contributed by atoms with Crippen molar-refractivity contribution >= 4 is 44.9 Å². The Hall–Kier alpha value is -1.59. The fourth-order valence-corrected chi connectivity index (χ4v) is 2.10. The van der Waals surface area contributed by atoms with Gasteiger partial charge in [0, 0.05) is 28.4 Å². The van der Waals surface area contributed by atoms with E-state index < -0.39 is 0 Å². The molecule has 6 heteroatoms. The first kappa shape index (κ1) is 13.8. The minimum atomic E-state index is -0.250. The van der Waals surface area contributed by atoms with E-state index in [0.717, 1.165) is 4.47 Å². The molecule has 4 nitrogen and oxygen atoms in total. The number of anilines is 2.